The summed E-state index contributed by atoms with van der Waals surface area (Å²) in [6.07, 6.45) is 48.2. The van der Waals surface area contributed by atoms with E-state index in [1.807, 2.05) is 40.2 Å². The van der Waals surface area contributed by atoms with Gasteiger partial charge in [-0.25, -0.2) is 0 Å². The lowest BCUT2D eigenvalue weighted by Crippen LogP contribution is -2.37. The highest BCUT2D eigenvalue weighted by atomic mass is 31.2. The van der Waals surface area contributed by atoms with Gasteiger partial charge in [-0.3, -0.25) is 14.2 Å². The molecule has 1 N–H and O–H groups in total. The molecule has 10 nitrogen and oxygen atoms in total. The number of hydrogen-bond acceptors (Lipinski definition) is 9. The number of quaternary nitrogens is 1. The summed E-state index contributed by atoms with van der Waals surface area (Å²) < 4.78 is 33.7. The van der Waals surface area contributed by atoms with E-state index in [1.54, 1.807) is 0 Å². The van der Waals surface area contributed by atoms with Gasteiger partial charge in [0, 0.05) is 12.8 Å². The molecule has 0 amide bonds. The van der Waals surface area contributed by atoms with E-state index in [1.165, 1.54) is 19.3 Å². The second kappa shape index (κ2) is 39.1. The van der Waals surface area contributed by atoms with Crippen molar-refractivity contribution in [2.24, 2.45) is 0 Å². The number of ether oxygens (including phenoxy) is 2. The molecule has 0 rings (SSSR count). The van der Waals surface area contributed by atoms with E-state index in [4.69, 9.17) is 18.5 Å². The molecule has 0 aliphatic carbocycles. The highest BCUT2D eigenvalue weighted by molar-refractivity contribution is 7.45. The van der Waals surface area contributed by atoms with E-state index >= 15 is 0 Å². The van der Waals surface area contributed by atoms with Gasteiger partial charge in [0.1, 0.15) is 19.8 Å². The molecular formula is C48H80NO9P. The van der Waals surface area contributed by atoms with Gasteiger partial charge >= 0.3 is 11.9 Å². The van der Waals surface area contributed by atoms with Crippen molar-refractivity contribution in [1.29, 1.82) is 0 Å². The number of carbonyl (C=O) groups excluding carboxylic acids is 2. The van der Waals surface area contributed by atoms with Gasteiger partial charge in [0.05, 0.1) is 33.9 Å². The summed E-state index contributed by atoms with van der Waals surface area (Å²) in [7, 11) is 1.06. The van der Waals surface area contributed by atoms with E-state index < -0.39 is 32.5 Å². The lowest BCUT2D eigenvalue weighted by atomic mass is 10.1. The molecule has 0 heterocycles. The van der Waals surface area contributed by atoms with Crippen LogP contribution in [-0.2, 0) is 32.7 Å². The average molecular weight is 846 g/mol. The summed E-state index contributed by atoms with van der Waals surface area (Å²) >= 11 is 0. The van der Waals surface area contributed by atoms with Crippen molar-refractivity contribution in [3.05, 3.63) is 97.2 Å². The molecule has 0 saturated carbocycles. The lowest BCUT2D eigenvalue weighted by Gasteiger charge is -2.28. The number of hydrogen-bond donors (Lipinski definition) is 1. The molecule has 0 aromatic carbocycles. The molecule has 0 fully saturated rings. The first-order chi connectivity index (χ1) is 28.4. The Bertz CT molecular complexity index is 1340. The van der Waals surface area contributed by atoms with Gasteiger partial charge in [0.2, 0.25) is 0 Å². The van der Waals surface area contributed by atoms with E-state index in [0.29, 0.717) is 36.7 Å². The van der Waals surface area contributed by atoms with Gasteiger partial charge < -0.3 is 33.0 Å². The number of phosphoric ester groups is 1. The van der Waals surface area contributed by atoms with Crippen LogP contribution in [-0.4, -0.2) is 81.2 Å². The Morgan fingerprint density at radius 3 is 1.51 bits per heavy atom. The lowest BCUT2D eigenvalue weighted by molar-refractivity contribution is -0.870. The zero-order valence-corrected chi connectivity index (χ0v) is 38.2. The van der Waals surface area contributed by atoms with Gasteiger partial charge in [-0.2, -0.15) is 0 Å². The highest BCUT2D eigenvalue weighted by Gasteiger charge is 2.21. The number of aliphatic hydroxyl groups excluding tert-OH is 1. The van der Waals surface area contributed by atoms with Crippen molar-refractivity contribution in [3.63, 3.8) is 0 Å². The van der Waals surface area contributed by atoms with E-state index in [0.717, 1.165) is 64.2 Å². The van der Waals surface area contributed by atoms with E-state index in [9.17, 15) is 24.2 Å². The Morgan fingerprint density at radius 2 is 1.05 bits per heavy atom. The van der Waals surface area contributed by atoms with Crippen molar-refractivity contribution in [2.45, 2.75) is 148 Å². The normalized spacial score (nSPS) is 15.0. The van der Waals surface area contributed by atoms with Crippen LogP contribution in [0.3, 0.4) is 0 Å². The summed E-state index contributed by atoms with van der Waals surface area (Å²) in [6, 6.07) is 0. The SMILES string of the molecule is CCCCC/C=C\C/C=C\C/C=C\C/C=C\CCCC(=O)O[C@H](COC(=O)CCC/C=C\C/C=C\C/C=C\C/C=C\CC[C@@H](O)CC)COP(=O)([O-])OCC[N+](C)(C)C. The zero-order valence-electron chi connectivity index (χ0n) is 37.3. The predicted molar refractivity (Wildman–Crippen MR) is 241 cm³/mol. The molecule has 0 aromatic heterocycles. The van der Waals surface area contributed by atoms with Crippen LogP contribution in [0.5, 0.6) is 0 Å². The molecule has 0 spiro atoms. The fourth-order valence-corrected chi connectivity index (χ4v) is 5.82. The molecule has 59 heavy (non-hydrogen) atoms. The van der Waals surface area contributed by atoms with Crippen LogP contribution in [0, 0.1) is 0 Å². The van der Waals surface area contributed by atoms with Gasteiger partial charge in [-0.15, -0.1) is 0 Å². The molecule has 0 saturated heterocycles. The minimum absolute atomic E-state index is 0.0608. The summed E-state index contributed by atoms with van der Waals surface area (Å²) in [5.41, 5.74) is 0. The van der Waals surface area contributed by atoms with Crippen molar-refractivity contribution in [2.75, 3.05) is 47.5 Å². The quantitative estimate of drug-likeness (QED) is 0.0212. The Kier molecular flexibility index (Phi) is 37.0. The van der Waals surface area contributed by atoms with Gasteiger partial charge in [0.25, 0.3) is 7.82 Å². The van der Waals surface area contributed by atoms with Crippen LogP contribution in [0.25, 0.3) is 0 Å². The smallest absolute Gasteiger partial charge is 0.306 e. The van der Waals surface area contributed by atoms with Crippen LogP contribution in [0.4, 0.5) is 0 Å². The molecule has 0 bridgehead atoms. The Labute approximate surface area is 358 Å². The summed E-state index contributed by atoms with van der Waals surface area (Å²) in [4.78, 5) is 37.5. The maximum atomic E-state index is 12.7. The van der Waals surface area contributed by atoms with Crippen molar-refractivity contribution in [3.8, 4) is 0 Å². The second-order valence-electron chi connectivity index (χ2n) is 15.5. The average Bonchev–Trinajstić information content (AvgIpc) is 3.19. The van der Waals surface area contributed by atoms with Crippen molar-refractivity contribution < 1.29 is 47.2 Å². The first kappa shape index (κ1) is 55.9. The molecular weight excluding hydrogens is 766 g/mol. The third kappa shape index (κ3) is 42.8. The van der Waals surface area contributed by atoms with Gasteiger partial charge in [-0.1, -0.05) is 124 Å². The number of unbranched alkanes of at least 4 members (excludes halogenated alkanes) is 5. The first-order valence-electron chi connectivity index (χ1n) is 22.0. The van der Waals surface area contributed by atoms with Crippen LogP contribution in [0.1, 0.15) is 136 Å². The molecule has 336 valence electrons. The molecule has 0 aromatic rings. The number of rotatable bonds is 38. The summed E-state index contributed by atoms with van der Waals surface area (Å²) in [5.74, 6) is -0.996. The maximum Gasteiger partial charge on any atom is 0.306 e. The zero-order chi connectivity index (χ0) is 43.7. The molecule has 0 radical (unpaired) electrons. The molecule has 0 aliphatic heterocycles. The van der Waals surface area contributed by atoms with E-state index in [2.05, 4.69) is 92.0 Å². The van der Waals surface area contributed by atoms with Crippen LogP contribution >= 0.6 is 7.82 Å². The predicted octanol–water partition coefficient (Wildman–Crippen LogP) is 10.9. The number of allylic oxidation sites excluding steroid dienone is 16. The van der Waals surface area contributed by atoms with Crippen LogP contribution in [0.2, 0.25) is 0 Å². The van der Waals surface area contributed by atoms with Crippen LogP contribution in [0.15, 0.2) is 97.2 Å². The number of carbonyl (C=O) groups is 2. The topological polar surface area (TPSA) is 131 Å². The Balaban J connectivity index is 4.58. The summed E-state index contributed by atoms with van der Waals surface area (Å²) in [5, 5.41) is 9.57. The first-order valence-corrected chi connectivity index (χ1v) is 23.5. The fraction of sp³-hybridized carbons (Fsp3) is 0.625. The Hall–Kier alpha value is -3.11. The van der Waals surface area contributed by atoms with Crippen molar-refractivity contribution >= 4 is 19.8 Å². The maximum absolute atomic E-state index is 12.7. The molecule has 3 atom stereocenters. The summed E-state index contributed by atoms with van der Waals surface area (Å²) in [6.45, 7) is 3.75. The minimum Gasteiger partial charge on any atom is -0.756 e. The molecule has 1 unspecified atom stereocenters. The number of nitrogens with zero attached hydrogens (tertiary/aromatic N) is 1. The largest absolute Gasteiger partial charge is 0.756 e. The number of esters is 2. The van der Waals surface area contributed by atoms with Gasteiger partial charge in [0.15, 0.2) is 6.10 Å². The fourth-order valence-electron chi connectivity index (χ4n) is 5.09. The minimum atomic E-state index is -4.67. The van der Waals surface area contributed by atoms with Gasteiger partial charge in [-0.05, 0) is 96.3 Å². The third-order valence-corrected chi connectivity index (χ3v) is 9.70. The third-order valence-electron chi connectivity index (χ3n) is 8.74. The monoisotopic (exact) mass is 846 g/mol. The van der Waals surface area contributed by atoms with E-state index in [-0.39, 0.29) is 32.2 Å². The number of phosphoric acid groups is 1. The number of aliphatic hydroxyl groups is 1. The Morgan fingerprint density at radius 1 is 0.610 bits per heavy atom. The second-order valence-corrected chi connectivity index (χ2v) is 16.9. The molecule has 11 heteroatoms. The van der Waals surface area contributed by atoms with Crippen LogP contribution < -0.4 is 4.89 Å². The van der Waals surface area contributed by atoms with Crippen molar-refractivity contribution in [1.82, 2.24) is 0 Å². The standard InChI is InChI=1S/C48H80NO9P/c1-6-8-9-10-11-12-13-14-15-16-17-22-25-28-31-34-37-40-48(52)58-46(44-57-59(53,54)56-42-41-49(3,4)5)43-55-47(51)39-36-33-30-27-24-21-19-18-20-23-26-29-32-35-38-45(50)7-2/h11-12,14-15,17,19-23,27-32,45-46,50H,6-10,13,16,18,24-26,33-44H2,1-5H3/b12-11-,15-14-,21-19-,22-17-,23-20-,30-27-,31-28-,32-29-/t45-,46+/m0/s1. The number of likely N-dealkylation sites (N-methyl/N-ethyl adjacent to an activating group) is 1. The highest BCUT2D eigenvalue weighted by Crippen LogP contribution is 2.38. The molecule has 0 aliphatic rings.